The van der Waals surface area contributed by atoms with E-state index >= 15 is 0 Å². The number of carbonyl (C=O) groups is 2. The first-order valence-corrected chi connectivity index (χ1v) is 9.01. The molecule has 142 valence electrons. The molecule has 6 nitrogen and oxygen atoms in total. The molecule has 6 heteroatoms. The predicted octanol–water partition coefficient (Wildman–Crippen LogP) is 3.19. The zero-order valence-electron chi connectivity index (χ0n) is 15.6. The Hall–Kier alpha value is -3.02. The molecule has 0 bridgehead atoms. The number of piperazine rings is 1. The van der Waals surface area contributed by atoms with E-state index in [9.17, 15) is 9.59 Å². The number of amides is 2. The van der Waals surface area contributed by atoms with Gasteiger partial charge >= 0.3 is 6.09 Å². The van der Waals surface area contributed by atoms with Gasteiger partial charge in [0.05, 0.1) is 0 Å². The van der Waals surface area contributed by atoms with E-state index < -0.39 is 11.7 Å². The average molecular weight is 368 g/mol. The average Bonchev–Trinajstić information content (AvgIpc) is 2.69. The van der Waals surface area contributed by atoms with E-state index in [1.807, 2.05) is 48.5 Å². The summed E-state index contributed by atoms with van der Waals surface area (Å²) in [7, 11) is 0. The smallest absolute Gasteiger partial charge is 0.415 e. The first kappa shape index (κ1) is 18.8. The molecule has 0 aromatic heterocycles. The zero-order valence-corrected chi connectivity index (χ0v) is 15.6. The standard InChI is InChI=1S/C21H24N2O4/c1-21(2,27-18-11-7-4-8-12-18)19(24)22-13-15-23(16-14-22)20(25)26-17-9-5-3-6-10-17/h3-12H,13-16H2,1-2H3. The highest BCUT2D eigenvalue weighted by Gasteiger charge is 2.36. The Bertz CT molecular complexity index is 769. The van der Waals surface area contributed by atoms with Crippen LogP contribution in [-0.4, -0.2) is 53.6 Å². The van der Waals surface area contributed by atoms with Crippen LogP contribution in [0.1, 0.15) is 13.8 Å². The molecule has 0 unspecified atom stereocenters. The predicted molar refractivity (Wildman–Crippen MR) is 102 cm³/mol. The molecule has 2 aromatic rings. The molecule has 2 amide bonds. The van der Waals surface area contributed by atoms with Crippen molar-refractivity contribution in [3.8, 4) is 11.5 Å². The maximum atomic E-state index is 12.9. The number of para-hydroxylation sites is 2. The molecule has 27 heavy (non-hydrogen) atoms. The summed E-state index contributed by atoms with van der Waals surface area (Å²) in [6, 6.07) is 18.2. The van der Waals surface area contributed by atoms with Crippen LogP contribution in [0.15, 0.2) is 60.7 Å². The lowest BCUT2D eigenvalue weighted by Crippen LogP contribution is -2.56. The summed E-state index contributed by atoms with van der Waals surface area (Å²) in [5.41, 5.74) is -0.978. The minimum absolute atomic E-state index is 0.0950. The largest absolute Gasteiger partial charge is 0.478 e. The molecule has 0 aliphatic carbocycles. The molecule has 0 spiro atoms. The Labute approximate surface area is 159 Å². The van der Waals surface area contributed by atoms with Gasteiger partial charge in [-0.15, -0.1) is 0 Å². The Morgan fingerprint density at radius 1 is 0.778 bits per heavy atom. The van der Waals surface area contributed by atoms with Gasteiger partial charge in [-0.3, -0.25) is 4.79 Å². The molecular formula is C21H24N2O4. The van der Waals surface area contributed by atoms with E-state index in [2.05, 4.69) is 0 Å². The molecule has 1 aliphatic rings. The van der Waals surface area contributed by atoms with E-state index in [1.54, 1.807) is 35.8 Å². The number of rotatable bonds is 4. The lowest BCUT2D eigenvalue weighted by molar-refractivity contribution is -0.147. The monoisotopic (exact) mass is 368 g/mol. The summed E-state index contributed by atoms with van der Waals surface area (Å²) in [5.74, 6) is 1.07. The molecule has 0 radical (unpaired) electrons. The number of ether oxygens (including phenoxy) is 2. The topological polar surface area (TPSA) is 59.1 Å². The van der Waals surface area contributed by atoms with E-state index in [4.69, 9.17) is 9.47 Å². The molecule has 1 aliphatic heterocycles. The number of carbonyl (C=O) groups excluding carboxylic acids is 2. The maximum Gasteiger partial charge on any atom is 0.415 e. The van der Waals surface area contributed by atoms with E-state index in [0.717, 1.165) is 0 Å². The highest BCUT2D eigenvalue weighted by atomic mass is 16.6. The van der Waals surface area contributed by atoms with E-state index in [0.29, 0.717) is 37.7 Å². The highest BCUT2D eigenvalue weighted by molar-refractivity contribution is 5.85. The Morgan fingerprint density at radius 3 is 1.81 bits per heavy atom. The summed E-state index contributed by atoms with van der Waals surface area (Å²) in [6.07, 6.45) is -0.395. The number of hydrogen-bond donors (Lipinski definition) is 0. The first-order valence-electron chi connectivity index (χ1n) is 9.01. The molecule has 0 N–H and O–H groups in total. The van der Waals surface area contributed by atoms with E-state index in [-0.39, 0.29) is 5.91 Å². The molecule has 3 rings (SSSR count). The van der Waals surface area contributed by atoms with Gasteiger partial charge in [-0.1, -0.05) is 36.4 Å². The molecule has 1 saturated heterocycles. The fourth-order valence-electron chi connectivity index (χ4n) is 2.95. The van der Waals surface area contributed by atoms with Crippen LogP contribution in [0.25, 0.3) is 0 Å². The third kappa shape index (κ3) is 4.78. The Kier molecular flexibility index (Phi) is 5.64. The number of nitrogens with zero attached hydrogens (tertiary/aromatic N) is 2. The van der Waals surface area contributed by atoms with Gasteiger partial charge in [-0.2, -0.15) is 0 Å². The summed E-state index contributed by atoms with van der Waals surface area (Å²) < 4.78 is 11.2. The van der Waals surface area contributed by atoms with Gasteiger partial charge in [0.15, 0.2) is 5.60 Å². The van der Waals surface area contributed by atoms with Gasteiger partial charge in [0.25, 0.3) is 5.91 Å². The van der Waals surface area contributed by atoms with Crippen LogP contribution in [-0.2, 0) is 4.79 Å². The second-order valence-electron chi connectivity index (χ2n) is 6.89. The zero-order chi connectivity index (χ0) is 19.3. The Morgan fingerprint density at radius 2 is 1.26 bits per heavy atom. The van der Waals surface area contributed by atoms with Crippen molar-refractivity contribution in [3.63, 3.8) is 0 Å². The second-order valence-corrected chi connectivity index (χ2v) is 6.89. The van der Waals surface area contributed by atoms with Crippen LogP contribution < -0.4 is 9.47 Å². The minimum Gasteiger partial charge on any atom is -0.478 e. The van der Waals surface area contributed by atoms with Crippen LogP contribution in [0.3, 0.4) is 0 Å². The second kappa shape index (κ2) is 8.12. The van der Waals surface area contributed by atoms with Gasteiger partial charge in [0.1, 0.15) is 11.5 Å². The Balaban J connectivity index is 1.53. The number of hydrogen-bond acceptors (Lipinski definition) is 4. The number of benzene rings is 2. The fourth-order valence-corrected chi connectivity index (χ4v) is 2.95. The normalized spacial score (nSPS) is 14.6. The van der Waals surface area contributed by atoms with Crippen molar-refractivity contribution < 1.29 is 19.1 Å². The summed E-state index contributed by atoms with van der Waals surface area (Å²) in [6.45, 7) is 5.28. The van der Waals surface area contributed by atoms with Crippen LogP contribution in [0.2, 0.25) is 0 Å². The molecule has 0 saturated carbocycles. The van der Waals surface area contributed by atoms with Crippen LogP contribution >= 0.6 is 0 Å². The van der Waals surface area contributed by atoms with Gasteiger partial charge in [0.2, 0.25) is 0 Å². The summed E-state index contributed by atoms with van der Waals surface area (Å²) in [4.78, 5) is 28.5. The minimum atomic E-state index is -0.978. The maximum absolute atomic E-state index is 12.9. The van der Waals surface area contributed by atoms with Crippen LogP contribution in [0.5, 0.6) is 11.5 Å². The van der Waals surface area contributed by atoms with Gasteiger partial charge in [-0.25, -0.2) is 4.79 Å². The molecular weight excluding hydrogens is 344 g/mol. The molecule has 1 fully saturated rings. The first-order chi connectivity index (χ1) is 13.0. The van der Waals surface area contributed by atoms with Gasteiger partial charge in [-0.05, 0) is 38.1 Å². The molecule has 0 atom stereocenters. The fraction of sp³-hybridized carbons (Fsp3) is 0.333. The van der Waals surface area contributed by atoms with Crippen molar-refractivity contribution in [2.24, 2.45) is 0 Å². The van der Waals surface area contributed by atoms with Crippen LogP contribution in [0, 0.1) is 0 Å². The van der Waals surface area contributed by atoms with Gasteiger partial charge in [0, 0.05) is 26.2 Å². The molecule has 2 aromatic carbocycles. The molecule has 1 heterocycles. The van der Waals surface area contributed by atoms with Crippen molar-refractivity contribution in [2.75, 3.05) is 26.2 Å². The summed E-state index contributed by atoms with van der Waals surface area (Å²) in [5, 5.41) is 0. The lowest BCUT2D eigenvalue weighted by atomic mass is 10.1. The van der Waals surface area contributed by atoms with Crippen molar-refractivity contribution in [2.45, 2.75) is 19.4 Å². The van der Waals surface area contributed by atoms with Crippen molar-refractivity contribution in [1.29, 1.82) is 0 Å². The van der Waals surface area contributed by atoms with Crippen molar-refractivity contribution in [3.05, 3.63) is 60.7 Å². The van der Waals surface area contributed by atoms with E-state index in [1.165, 1.54) is 0 Å². The third-order valence-corrected chi connectivity index (χ3v) is 4.40. The quantitative estimate of drug-likeness (QED) is 0.832. The third-order valence-electron chi connectivity index (χ3n) is 4.40. The van der Waals surface area contributed by atoms with Crippen molar-refractivity contribution >= 4 is 12.0 Å². The van der Waals surface area contributed by atoms with Gasteiger partial charge < -0.3 is 19.3 Å². The SMILES string of the molecule is CC(C)(Oc1ccccc1)C(=O)N1CCN(C(=O)Oc2ccccc2)CC1. The highest BCUT2D eigenvalue weighted by Crippen LogP contribution is 2.21. The summed E-state index contributed by atoms with van der Waals surface area (Å²) >= 11 is 0. The lowest BCUT2D eigenvalue weighted by Gasteiger charge is -2.38. The van der Waals surface area contributed by atoms with Crippen molar-refractivity contribution in [1.82, 2.24) is 9.80 Å². The van der Waals surface area contributed by atoms with Crippen LogP contribution in [0.4, 0.5) is 4.79 Å².